The van der Waals surface area contributed by atoms with Gasteiger partial charge in [-0.25, -0.2) is 14.8 Å². The van der Waals surface area contributed by atoms with Crippen LogP contribution >= 0.6 is 0 Å². The molecule has 3 heterocycles. The second-order valence-corrected chi connectivity index (χ2v) is 7.75. The average Bonchev–Trinajstić information content (AvgIpc) is 3.06. The molecule has 3 aromatic rings. The van der Waals surface area contributed by atoms with E-state index in [1.807, 2.05) is 38.8 Å². The Kier molecular flexibility index (Phi) is 6.27. The third-order valence-electron chi connectivity index (χ3n) is 4.86. The Morgan fingerprint density at radius 3 is 2.39 bits per heavy atom. The Hall–Kier alpha value is -3.45. The van der Waals surface area contributed by atoms with Crippen molar-refractivity contribution < 1.29 is 0 Å². The lowest BCUT2D eigenvalue weighted by molar-refractivity contribution is 0.629. The van der Waals surface area contributed by atoms with E-state index >= 15 is 0 Å². The molecule has 10 nitrogen and oxygen atoms in total. The third-order valence-corrected chi connectivity index (χ3v) is 4.86. The second-order valence-electron chi connectivity index (χ2n) is 7.75. The smallest absolute Gasteiger partial charge is 0.332 e. The second kappa shape index (κ2) is 8.73. The largest absolute Gasteiger partial charge is 0.344 e. The molecule has 31 heavy (non-hydrogen) atoms. The van der Waals surface area contributed by atoms with Crippen molar-refractivity contribution in [2.45, 2.75) is 46.8 Å². The lowest BCUT2D eigenvalue weighted by Gasteiger charge is -2.20. The molecule has 164 valence electrons. The van der Waals surface area contributed by atoms with Crippen LogP contribution in [0.25, 0.3) is 11.2 Å². The standard InChI is InChI=1S/C21H28N8O2/c1-7-8-9-28-17-18(25-20(28)26(5)11-13(2)22)27(6)21(31)29(19(17)30)12-16-23-14(3)10-15(4)24-16/h10,13H,9,11-12,22H2,1-6H3. The van der Waals surface area contributed by atoms with E-state index in [0.29, 0.717) is 29.5 Å². The van der Waals surface area contributed by atoms with Crippen LogP contribution in [0.5, 0.6) is 0 Å². The minimum absolute atomic E-state index is 0.0282. The van der Waals surface area contributed by atoms with Crippen molar-refractivity contribution in [2.75, 3.05) is 18.5 Å². The first kappa shape index (κ1) is 22.2. The van der Waals surface area contributed by atoms with Crippen molar-refractivity contribution in [2.24, 2.45) is 12.8 Å². The van der Waals surface area contributed by atoms with Gasteiger partial charge in [0.15, 0.2) is 11.2 Å². The first-order valence-electron chi connectivity index (χ1n) is 10.0. The number of likely N-dealkylation sites (N-methyl/N-ethyl adjacent to an activating group) is 1. The van der Waals surface area contributed by atoms with E-state index in [9.17, 15) is 9.59 Å². The predicted octanol–water partition coefficient (Wildman–Crippen LogP) is 0.159. The van der Waals surface area contributed by atoms with Gasteiger partial charge in [0.05, 0.1) is 13.1 Å². The number of hydrogen-bond acceptors (Lipinski definition) is 7. The van der Waals surface area contributed by atoms with Crippen LogP contribution in [-0.2, 0) is 20.1 Å². The number of aryl methyl sites for hydroxylation is 3. The molecule has 1 atom stereocenters. The molecule has 0 radical (unpaired) electrons. The Balaban J connectivity index is 2.27. The van der Waals surface area contributed by atoms with Crippen molar-refractivity contribution in [1.29, 1.82) is 0 Å². The predicted molar refractivity (Wildman–Crippen MR) is 120 cm³/mol. The van der Waals surface area contributed by atoms with Crippen LogP contribution in [0.4, 0.5) is 5.95 Å². The normalized spacial score (nSPS) is 12.0. The molecule has 0 saturated heterocycles. The van der Waals surface area contributed by atoms with E-state index in [1.54, 1.807) is 18.5 Å². The number of fused-ring (bicyclic) bond motifs is 1. The number of nitrogens with two attached hydrogens (primary N) is 1. The van der Waals surface area contributed by atoms with E-state index in [0.717, 1.165) is 16.0 Å². The van der Waals surface area contributed by atoms with Crippen molar-refractivity contribution >= 4 is 17.1 Å². The number of anilines is 1. The topological polar surface area (TPSA) is 117 Å². The van der Waals surface area contributed by atoms with Crippen LogP contribution in [-0.4, -0.2) is 48.3 Å². The first-order valence-corrected chi connectivity index (χ1v) is 10.0. The maximum Gasteiger partial charge on any atom is 0.332 e. The quantitative estimate of drug-likeness (QED) is 0.560. The number of aromatic nitrogens is 6. The van der Waals surface area contributed by atoms with Gasteiger partial charge in [0.2, 0.25) is 5.95 Å². The molecule has 2 N–H and O–H groups in total. The summed E-state index contributed by atoms with van der Waals surface area (Å²) in [7, 11) is 3.45. The molecule has 0 bridgehead atoms. The lowest BCUT2D eigenvalue weighted by atomic mass is 10.3. The number of imidazole rings is 1. The maximum absolute atomic E-state index is 13.5. The van der Waals surface area contributed by atoms with E-state index in [4.69, 9.17) is 5.73 Å². The zero-order valence-corrected chi connectivity index (χ0v) is 18.8. The molecule has 0 spiro atoms. The van der Waals surface area contributed by atoms with E-state index in [1.165, 1.54) is 4.57 Å². The zero-order chi connectivity index (χ0) is 22.9. The Morgan fingerprint density at radius 1 is 1.16 bits per heavy atom. The molecule has 10 heteroatoms. The molecule has 0 amide bonds. The molecule has 1 unspecified atom stereocenters. The molecule has 0 aliphatic heterocycles. The molecule has 0 fully saturated rings. The van der Waals surface area contributed by atoms with Gasteiger partial charge in [-0.1, -0.05) is 5.92 Å². The summed E-state index contributed by atoms with van der Waals surface area (Å²) >= 11 is 0. The molecule has 3 rings (SSSR count). The van der Waals surface area contributed by atoms with Gasteiger partial charge in [-0.15, -0.1) is 5.92 Å². The summed E-state index contributed by atoms with van der Waals surface area (Å²) in [6.07, 6.45) is 0. The SMILES string of the molecule is CC#CCn1c(N(C)CC(C)N)nc2c1c(=O)n(Cc1nc(C)cc(C)n1)c(=O)n2C. The Labute approximate surface area is 180 Å². The Bertz CT molecular complexity index is 1280. The Morgan fingerprint density at radius 2 is 1.81 bits per heavy atom. The minimum Gasteiger partial charge on any atom is -0.344 e. The van der Waals surface area contributed by atoms with E-state index in [-0.39, 0.29) is 19.1 Å². The fourth-order valence-electron chi connectivity index (χ4n) is 3.62. The van der Waals surface area contributed by atoms with Gasteiger partial charge >= 0.3 is 5.69 Å². The highest BCUT2D eigenvalue weighted by molar-refractivity contribution is 5.74. The van der Waals surface area contributed by atoms with Crippen LogP contribution in [0.15, 0.2) is 15.7 Å². The van der Waals surface area contributed by atoms with Crippen molar-refractivity contribution in [3.63, 3.8) is 0 Å². The summed E-state index contributed by atoms with van der Waals surface area (Å²) in [5, 5.41) is 0. The van der Waals surface area contributed by atoms with Crippen molar-refractivity contribution in [3.05, 3.63) is 44.1 Å². The summed E-state index contributed by atoms with van der Waals surface area (Å²) in [5.74, 6) is 6.78. The monoisotopic (exact) mass is 424 g/mol. The summed E-state index contributed by atoms with van der Waals surface area (Å²) < 4.78 is 4.25. The summed E-state index contributed by atoms with van der Waals surface area (Å²) in [4.78, 5) is 41.7. The van der Waals surface area contributed by atoms with Gasteiger partial charge in [-0.3, -0.25) is 18.5 Å². The summed E-state index contributed by atoms with van der Waals surface area (Å²) in [5.41, 5.74) is 7.18. The van der Waals surface area contributed by atoms with Gasteiger partial charge in [0.1, 0.15) is 5.82 Å². The maximum atomic E-state index is 13.5. The fraction of sp³-hybridized carbons (Fsp3) is 0.476. The highest BCUT2D eigenvalue weighted by atomic mass is 16.2. The first-order chi connectivity index (χ1) is 14.6. The number of hydrogen-bond donors (Lipinski definition) is 1. The summed E-state index contributed by atoms with van der Waals surface area (Å²) in [6, 6.07) is 1.74. The van der Waals surface area contributed by atoms with Gasteiger partial charge in [0, 0.05) is 38.1 Å². The molecule has 0 saturated carbocycles. The van der Waals surface area contributed by atoms with E-state index in [2.05, 4.69) is 26.8 Å². The average molecular weight is 425 g/mol. The van der Waals surface area contributed by atoms with Gasteiger partial charge in [0.25, 0.3) is 5.56 Å². The van der Waals surface area contributed by atoms with Gasteiger partial charge in [-0.05, 0) is 33.8 Å². The van der Waals surface area contributed by atoms with E-state index < -0.39 is 11.2 Å². The molecular weight excluding hydrogens is 396 g/mol. The minimum atomic E-state index is -0.479. The van der Waals surface area contributed by atoms with Gasteiger partial charge < -0.3 is 10.6 Å². The fourth-order valence-corrected chi connectivity index (χ4v) is 3.62. The molecule has 0 aliphatic rings. The molecular formula is C21H28N8O2. The van der Waals surface area contributed by atoms with Gasteiger partial charge in [-0.2, -0.15) is 4.98 Å². The van der Waals surface area contributed by atoms with Crippen LogP contribution in [0, 0.1) is 25.7 Å². The third kappa shape index (κ3) is 4.36. The van der Waals surface area contributed by atoms with Crippen molar-refractivity contribution in [3.8, 4) is 11.8 Å². The zero-order valence-electron chi connectivity index (χ0n) is 18.8. The van der Waals surface area contributed by atoms with Crippen LogP contribution < -0.4 is 21.9 Å². The highest BCUT2D eigenvalue weighted by Crippen LogP contribution is 2.18. The lowest BCUT2D eigenvalue weighted by Crippen LogP contribution is -2.40. The highest BCUT2D eigenvalue weighted by Gasteiger charge is 2.22. The number of nitrogens with zero attached hydrogens (tertiary/aromatic N) is 7. The van der Waals surface area contributed by atoms with Crippen LogP contribution in [0.2, 0.25) is 0 Å². The van der Waals surface area contributed by atoms with Crippen LogP contribution in [0.1, 0.15) is 31.1 Å². The van der Waals surface area contributed by atoms with Crippen LogP contribution in [0.3, 0.4) is 0 Å². The van der Waals surface area contributed by atoms with Crippen molar-refractivity contribution in [1.82, 2.24) is 28.7 Å². The molecule has 0 aromatic carbocycles. The molecule has 3 aromatic heterocycles. The number of rotatable bonds is 6. The summed E-state index contributed by atoms with van der Waals surface area (Å²) in [6.45, 7) is 8.08. The molecule has 0 aliphatic carbocycles.